The summed E-state index contributed by atoms with van der Waals surface area (Å²) in [4.78, 5) is 12.7. The van der Waals surface area contributed by atoms with Crippen molar-refractivity contribution in [1.82, 2.24) is 4.90 Å². The Bertz CT molecular complexity index is 253. The maximum Gasteiger partial charge on any atom is 0.303 e. The molecule has 0 unspecified atom stereocenters. The zero-order valence-corrected chi connectivity index (χ0v) is 10.4. The van der Waals surface area contributed by atoms with Crippen LogP contribution in [0.1, 0.15) is 26.7 Å². The Labute approximate surface area is 96.3 Å². The van der Waals surface area contributed by atoms with E-state index in [2.05, 4.69) is 4.90 Å². The maximum atomic E-state index is 10.5. The summed E-state index contributed by atoms with van der Waals surface area (Å²) in [5.41, 5.74) is -0.126. The van der Waals surface area contributed by atoms with E-state index in [4.69, 9.17) is 14.6 Å². The SMILES string of the molecule is COC1(OC)CN(C(C)(C)CCC(=O)O)C1. The first-order valence-electron chi connectivity index (χ1n) is 5.42. The van der Waals surface area contributed by atoms with Crippen molar-refractivity contribution in [3.63, 3.8) is 0 Å². The second-order valence-electron chi connectivity index (χ2n) is 4.88. The smallest absolute Gasteiger partial charge is 0.303 e. The van der Waals surface area contributed by atoms with Crippen LogP contribution in [0.25, 0.3) is 0 Å². The fraction of sp³-hybridized carbons (Fsp3) is 0.909. The molecule has 1 aliphatic rings. The Morgan fingerprint density at radius 2 is 1.88 bits per heavy atom. The molecular weight excluding hydrogens is 210 g/mol. The minimum Gasteiger partial charge on any atom is -0.481 e. The molecule has 0 amide bonds. The van der Waals surface area contributed by atoms with Gasteiger partial charge in [-0.2, -0.15) is 0 Å². The van der Waals surface area contributed by atoms with E-state index >= 15 is 0 Å². The van der Waals surface area contributed by atoms with E-state index in [-0.39, 0.29) is 12.0 Å². The highest BCUT2D eigenvalue weighted by Crippen LogP contribution is 2.34. The number of aliphatic carboxylic acids is 1. The van der Waals surface area contributed by atoms with Gasteiger partial charge < -0.3 is 14.6 Å². The third-order valence-corrected chi connectivity index (χ3v) is 3.41. The van der Waals surface area contributed by atoms with E-state index in [0.29, 0.717) is 19.5 Å². The highest BCUT2D eigenvalue weighted by atomic mass is 16.7. The zero-order chi connectivity index (χ0) is 12.4. The number of carboxylic acids is 1. The minimum atomic E-state index is -0.752. The predicted octanol–water partition coefficient (Wildman–Crippen LogP) is 0.934. The zero-order valence-electron chi connectivity index (χ0n) is 10.4. The lowest BCUT2D eigenvalue weighted by molar-refractivity contribution is -0.290. The molecule has 1 N–H and O–H groups in total. The van der Waals surface area contributed by atoms with Gasteiger partial charge in [0, 0.05) is 26.2 Å². The summed E-state index contributed by atoms with van der Waals surface area (Å²) in [5, 5.41) is 8.68. The summed E-state index contributed by atoms with van der Waals surface area (Å²) in [6, 6.07) is 0. The van der Waals surface area contributed by atoms with E-state index in [9.17, 15) is 4.79 Å². The lowest BCUT2D eigenvalue weighted by Gasteiger charge is -2.54. The van der Waals surface area contributed by atoms with Crippen molar-refractivity contribution in [2.45, 2.75) is 38.0 Å². The fourth-order valence-corrected chi connectivity index (χ4v) is 1.88. The summed E-state index contributed by atoms with van der Waals surface area (Å²) in [5.74, 6) is -1.25. The Morgan fingerprint density at radius 1 is 1.38 bits per heavy atom. The third-order valence-electron chi connectivity index (χ3n) is 3.41. The third kappa shape index (κ3) is 2.72. The molecule has 1 aliphatic heterocycles. The van der Waals surface area contributed by atoms with Crippen LogP contribution in [0, 0.1) is 0 Å². The topological polar surface area (TPSA) is 59.0 Å². The Hall–Kier alpha value is -0.650. The summed E-state index contributed by atoms with van der Waals surface area (Å²) in [6.07, 6.45) is 0.822. The van der Waals surface area contributed by atoms with Gasteiger partial charge in [0.1, 0.15) is 0 Å². The number of carbonyl (C=O) groups is 1. The summed E-state index contributed by atoms with van der Waals surface area (Å²) < 4.78 is 10.6. The first-order valence-corrected chi connectivity index (χ1v) is 5.42. The number of nitrogens with zero attached hydrogens (tertiary/aromatic N) is 1. The minimum absolute atomic E-state index is 0.126. The molecule has 1 heterocycles. The average Bonchev–Trinajstić information content (AvgIpc) is 2.15. The van der Waals surface area contributed by atoms with Crippen LogP contribution >= 0.6 is 0 Å². The fourth-order valence-electron chi connectivity index (χ4n) is 1.88. The van der Waals surface area contributed by atoms with Gasteiger partial charge in [-0.25, -0.2) is 0 Å². The van der Waals surface area contributed by atoms with Crippen molar-refractivity contribution < 1.29 is 19.4 Å². The molecular formula is C11H21NO4. The Morgan fingerprint density at radius 3 is 2.25 bits per heavy atom. The van der Waals surface area contributed by atoms with Crippen LogP contribution in [0.2, 0.25) is 0 Å². The molecule has 0 saturated carbocycles. The highest BCUT2D eigenvalue weighted by Gasteiger charge is 2.48. The molecule has 0 aromatic heterocycles. The van der Waals surface area contributed by atoms with Crippen LogP contribution in [0.3, 0.4) is 0 Å². The number of methoxy groups -OCH3 is 2. The molecule has 0 atom stereocenters. The van der Waals surface area contributed by atoms with E-state index in [1.165, 1.54) is 0 Å². The number of ether oxygens (including phenoxy) is 2. The van der Waals surface area contributed by atoms with Gasteiger partial charge in [-0.05, 0) is 20.3 Å². The second kappa shape index (κ2) is 4.69. The molecule has 5 nitrogen and oxygen atoms in total. The second-order valence-corrected chi connectivity index (χ2v) is 4.88. The van der Waals surface area contributed by atoms with Gasteiger partial charge in [-0.15, -0.1) is 0 Å². The van der Waals surface area contributed by atoms with Gasteiger partial charge in [-0.3, -0.25) is 9.69 Å². The van der Waals surface area contributed by atoms with Crippen molar-refractivity contribution in [1.29, 1.82) is 0 Å². The van der Waals surface area contributed by atoms with Gasteiger partial charge in [-0.1, -0.05) is 0 Å². The van der Waals surface area contributed by atoms with Crippen LogP contribution in [0.4, 0.5) is 0 Å². The molecule has 0 aromatic carbocycles. The molecule has 0 radical (unpaired) electrons. The van der Waals surface area contributed by atoms with E-state index in [0.717, 1.165) is 0 Å². The first kappa shape index (κ1) is 13.4. The van der Waals surface area contributed by atoms with Gasteiger partial charge in [0.25, 0.3) is 0 Å². The molecule has 0 spiro atoms. The van der Waals surface area contributed by atoms with Crippen molar-refractivity contribution >= 4 is 5.97 Å². The van der Waals surface area contributed by atoms with Crippen molar-refractivity contribution in [2.24, 2.45) is 0 Å². The van der Waals surface area contributed by atoms with E-state index < -0.39 is 11.8 Å². The molecule has 0 aromatic rings. The van der Waals surface area contributed by atoms with Crippen LogP contribution < -0.4 is 0 Å². The molecule has 16 heavy (non-hydrogen) atoms. The van der Waals surface area contributed by atoms with Crippen LogP contribution in [0.15, 0.2) is 0 Å². The lowest BCUT2D eigenvalue weighted by atomic mass is 9.90. The van der Waals surface area contributed by atoms with Gasteiger partial charge in [0.2, 0.25) is 0 Å². The Kier molecular flexibility index (Phi) is 3.93. The van der Waals surface area contributed by atoms with Gasteiger partial charge >= 0.3 is 5.97 Å². The highest BCUT2D eigenvalue weighted by molar-refractivity contribution is 5.66. The normalized spacial score (nSPS) is 20.5. The van der Waals surface area contributed by atoms with Gasteiger partial charge in [0.15, 0.2) is 5.79 Å². The lowest BCUT2D eigenvalue weighted by Crippen LogP contribution is -2.69. The molecule has 1 saturated heterocycles. The molecule has 1 fully saturated rings. The summed E-state index contributed by atoms with van der Waals surface area (Å²) >= 11 is 0. The van der Waals surface area contributed by atoms with Crippen LogP contribution in [-0.2, 0) is 14.3 Å². The van der Waals surface area contributed by atoms with Gasteiger partial charge in [0.05, 0.1) is 13.1 Å². The number of carboxylic acid groups (broad SMARTS) is 1. The standard InChI is InChI=1S/C11H21NO4/c1-10(2,6-5-9(13)14)12-7-11(8-12,15-3)16-4/h5-8H2,1-4H3,(H,13,14). The maximum absolute atomic E-state index is 10.5. The predicted molar refractivity (Wildman–Crippen MR) is 59.3 cm³/mol. The van der Waals surface area contributed by atoms with Crippen molar-refractivity contribution in [3.8, 4) is 0 Å². The Balaban J connectivity index is 2.45. The molecule has 1 rings (SSSR count). The summed E-state index contributed by atoms with van der Waals surface area (Å²) in [6.45, 7) is 5.47. The quantitative estimate of drug-likeness (QED) is 0.689. The van der Waals surface area contributed by atoms with E-state index in [1.807, 2.05) is 13.8 Å². The largest absolute Gasteiger partial charge is 0.481 e. The molecule has 0 aliphatic carbocycles. The number of hydrogen-bond donors (Lipinski definition) is 1. The number of hydrogen-bond acceptors (Lipinski definition) is 4. The van der Waals surface area contributed by atoms with Crippen molar-refractivity contribution in [2.75, 3.05) is 27.3 Å². The number of likely N-dealkylation sites (tertiary alicyclic amines) is 1. The monoisotopic (exact) mass is 231 g/mol. The first-order chi connectivity index (χ1) is 7.35. The van der Waals surface area contributed by atoms with Crippen LogP contribution in [0.5, 0.6) is 0 Å². The van der Waals surface area contributed by atoms with Crippen molar-refractivity contribution in [3.05, 3.63) is 0 Å². The molecule has 0 bridgehead atoms. The number of rotatable bonds is 6. The summed E-state index contributed by atoms with van der Waals surface area (Å²) in [7, 11) is 3.26. The molecule has 5 heteroatoms. The van der Waals surface area contributed by atoms with E-state index in [1.54, 1.807) is 14.2 Å². The average molecular weight is 231 g/mol. The molecule has 94 valence electrons. The van der Waals surface area contributed by atoms with Crippen LogP contribution in [-0.4, -0.2) is 54.6 Å².